The van der Waals surface area contributed by atoms with E-state index in [1.54, 1.807) is 4.57 Å². The van der Waals surface area contributed by atoms with Crippen LogP contribution in [0, 0.1) is 19.8 Å². The van der Waals surface area contributed by atoms with Gasteiger partial charge in [0.25, 0.3) is 11.5 Å². The first kappa shape index (κ1) is 28.9. The van der Waals surface area contributed by atoms with Crippen molar-refractivity contribution >= 4 is 40.1 Å². The molecule has 5 rings (SSSR count). The SMILES string of the molecule is CCC(c1nc2snc(C)c2c(=O)n1Cc1ccccc1)N(CC1CCCNC1)C(=O)c1ccc(C)cc1.Cl. The summed E-state index contributed by atoms with van der Waals surface area (Å²) in [5, 5.41) is 4.05. The molecule has 1 fully saturated rings. The average molecular weight is 566 g/mol. The van der Waals surface area contributed by atoms with Crippen LogP contribution < -0.4 is 10.9 Å². The molecule has 1 saturated heterocycles. The number of aryl methyl sites for hydroxylation is 2. The Bertz CT molecular complexity index is 1460. The zero-order chi connectivity index (χ0) is 26.6. The molecular weight excluding hydrogens is 530 g/mol. The van der Waals surface area contributed by atoms with Crippen molar-refractivity contribution in [1.82, 2.24) is 24.1 Å². The minimum Gasteiger partial charge on any atom is -0.328 e. The summed E-state index contributed by atoms with van der Waals surface area (Å²) in [7, 11) is 0. The van der Waals surface area contributed by atoms with Crippen LogP contribution in [0.25, 0.3) is 10.2 Å². The molecule has 0 aliphatic carbocycles. The Labute approximate surface area is 239 Å². The molecule has 2 aromatic carbocycles. The molecule has 1 aliphatic heterocycles. The van der Waals surface area contributed by atoms with Gasteiger partial charge in [0.1, 0.15) is 5.82 Å². The van der Waals surface area contributed by atoms with E-state index in [9.17, 15) is 9.59 Å². The molecule has 1 aliphatic rings. The third kappa shape index (κ3) is 6.24. The maximum Gasteiger partial charge on any atom is 0.264 e. The fourth-order valence-corrected chi connectivity index (χ4v) is 6.15. The maximum absolute atomic E-state index is 14.1. The van der Waals surface area contributed by atoms with Gasteiger partial charge in [0.05, 0.1) is 23.7 Å². The van der Waals surface area contributed by atoms with Gasteiger partial charge in [-0.05, 0) is 81.3 Å². The van der Waals surface area contributed by atoms with Crippen LogP contribution >= 0.6 is 23.9 Å². The number of carbonyl (C=O) groups is 1. The van der Waals surface area contributed by atoms with Gasteiger partial charge in [-0.2, -0.15) is 4.37 Å². The normalized spacial score (nSPS) is 16.0. The third-order valence-corrected chi connectivity index (χ3v) is 8.29. The summed E-state index contributed by atoms with van der Waals surface area (Å²) in [6.45, 7) is 8.84. The second kappa shape index (κ2) is 12.9. The molecule has 0 spiro atoms. The van der Waals surface area contributed by atoms with Crippen molar-refractivity contribution in [1.29, 1.82) is 0 Å². The molecule has 4 aromatic rings. The molecule has 0 bridgehead atoms. The van der Waals surface area contributed by atoms with E-state index in [0.29, 0.717) is 52.7 Å². The largest absolute Gasteiger partial charge is 0.328 e. The zero-order valence-corrected chi connectivity index (χ0v) is 24.4. The third-order valence-electron chi connectivity index (χ3n) is 7.45. The van der Waals surface area contributed by atoms with Crippen molar-refractivity contribution in [2.45, 2.75) is 52.6 Å². The van der Waals surface area contributed by atoms with Crippen LogP contribution in [0.15, 0.2) is 59.4 Å². The van der Waals surface area contributed by atoms with Gasteiger partial charge in [-0.1, -0.05) is 55.0 Å². The molecule has 2 atom stereocenters. The lowest BCUT2D eigenvalue weighted by molar-refractivity contribution is 0.0604. The Kier molecular flexibility index (Phi) is 9.53. The minimum atomic E-state index is -0.353. The van der Waals surface area contributed by atoms with E-state index in [-0.39, 0.29) is 29.9 Å². The molecule has 206 valence electrons. The maximum atomic E-state index is 14.1. The van der Waals surface area contributed by atoms with Crippen LogP contribution in [0.3, 0.4) is 0 Å². The van der Waals surface area contributed by atoms with Gasteiger partial charge in [-0.3, -0.25) is 14.2 Å². The Morgan fingerprint density at radius 2 is 1.90 bits per heavy atom. The fraction of sp³-hybridized carbons (Fsp3) is 0.400. The number of carbonyl (C=O) groups excluding carboxylic acids is 1. The van der Waals surface area contributed by atoms with Gasteiger partial charge in [-0.15, -0.1) is 12.4 Å². The lowest BCUT2D eigenvalue weighted by Crippen LogP contribution is -2.44. The van der Waals surface area contributed by atoms with Crippen LogP contribution in [0.2, 0.25) is 0 Å². The number of hydrogen-bond donors (Lipinski definition) is 1. The first-order valence-corrected chi connectivity index (χ1v) is 14.2. The number of aromatic nitrogens is 3. The van der Waals surface area contributed by atoms with Crippen molar-refractivity contribution in [3.8, 4) is 0 Å². The van der Waals surface area contributed by atoms with E-state index in [2.05, 4.69) is 16.6 Å². The molecule has 0 radical (unpaired) electrons. The predicted molar refractivity (Wildman–Crippen MR) is 160 cm³/mol. The Morgan fingerprint density at radius 3 is 2.56 bits per heavy atom. The molecule has 7 nitrogen and oxygen atoms in total. The number of piperidine rings is 1. The highest BCUT2D eigenvalue weighted by atomic mass is 35.5. The van der Waals surface area contributed by atoms with Crippen LogP contribution in [-0.2, 0) is 6.54 Å². The predicted octanol–water partition coefficient (Wildman–Crippen LogP) is 5.53. The van der Waals surface area contributed by atoms with Gasteiger partial charge >= 0.3 is 0 Å². The Morgan fingerprint density at radius 1 is 1.15 bits per heavy atom. The van der Waals surface area contributed by atoms with Crippen molar-refractivity contribution in [3.63, 3.8) is 0 Å². The highest BCUT2D eigenvalue weighted by molar-refractivity contribution is 7.12. The molecule has 0 saturated carbocycles. The summed E-state index contributed by atoms with van der Waals surface area (Å²) in [5.41, 5.74) is 3.39. The Hall–Kier alpha value is -3.07. The average Bonchev–Trinajstić information content (AvgIpc) is 3.32. The summed E-state index contributed by atoms with van der Waals surface area (Å²) in [6, 6.07) is 17.4. The molecule has 2 unspecified atom stereocenters. The molecular formula is C30H36ClN5O2S. The van der Waals surface area contributed by atoms with Crippen molar-refractivity contribution < 1.29 is 4.79 Å². The number of rotatable bonds is 8. The quantitative estimate of drug-likeness (QED) is 0.304. The summed E-state index contributed by atoms with van der Waals surface area (Å²) in [5.74, 6) is 0.945. The number of hydrogen-bond acceptors (Lipinski definition) is 6. The standard InChI is InChI=1S/C30H35N5O2S.ClH/c1-4-25(34(19-23-11-8-16-31-17-23)29(36)24-14-12-20(2)13-15-24)27-32-28-26(21(3)33-38-28)30(37)35(27)18-22-9-6-5-7-10-22;/h5-7,9-10,12-15,23,25,31H,4,8,11,16-19H2,1-3H3;1H. The van der Waals surface area contributed by atoms with Gasteiger partial charge in [0, 0.05) is 12.1 Å². The second-order valence-electron chi connectivity index (χ2n) is 10.3. The smallest absolute Gasteiger partial charge is 0.264 e. The van der Waals surface area contributed by atoms with Gasteiger partial charge in [0.2, 0.25) is 0 Å². The summed E-state index contributed by atoms with van der Waals surface area (Å²) < 4.78 is 6.20. The second-order valence-corrected chi connectivity index (χ2v) is 11.0. The van der Waals surface area contributed by atoms with E-state index in [1.165, 1.54) is 11.5 Å². The fourth-order valence-electron chi connectivity index (χ4n) is 5.37. The van der Waals surface area contributed by atoms with E-state index in [1.807, 2.05) is 73.3 Å². The van der Waals surface area contributed by atoms with E-state index >= 15 is 0 Å². The Balaban J connectivity index is 0.00000353. The van der Waals surface area contributed by atoms with E-state index in [4.69, 9.17) is 4.98 Å². The van der Waals surface area contributed by atoms with Crippen LogP contribution in [0.1, 0.15) is 65.2 Å². The number of amides is 1. The summed E-state index contributed by atoms with van der Waals surface area (Å²) >= 11 is 1.25. The summed E-state index contributed by atoms with van der Waals surface area (Å²) in [4.78, 5) is 35.7. The minimum absolute atomic E-state index is 0. The number of benzene rings is 2. The zero-order valence-electron chi connectivity index (χ0n) is 22.7. The van der Waals surface area contributed by atoms with Crippen molar-refractivity contribution in [2.75, 3.05) is 19.6 Å². The lowest BCUT2D eigenvalue weighted by Gasteiger charge is -2.36. The van der Waals surface area contributed by atoms with Gasteiger partial charge < -0.3 is 10.2 Å². The highest BCUT2D eigenvalue weighted by Gasteiger charge is 2.32. The van der Waals surface area contributed by atoms with E-state index < -0.39 is 0 Å². The molecule has 2 aromatic heterocycles. The number of fused-ring (bicyclic) bond motifs is 1. The van der Waals surface area contributed by atoms with Gasteiger partial charge in [-0.25, -0.2) is 4.98 Å². The number of halogens is 1. The van der Waals surface area contributed by atoms with Gasteiger partial charge in [0.15, 0.2) is 4.83 Å². The lowest BCUT2D eigenvalue weighted by atomic mass is 9.97. The van der Waals surface area contributed by atoms with Crippen LogP contribution in [0.4, 0.5) is 0 Å². The van der Waals surface area contributed by atoms with Crippen molar-refractivity contribution in [3.05, 3.63) is 93.2 Å². The topological polar surface area (TPSA) is 80.1 Å². The molecule has 3 heterocycles. The van der Waals surface area contributed by atoms with E-state index in [0.717, 1.165) is 37.1 Å². The van der Waals surface area contributed by atoms with Crippen LogP contribution in [0.5, 0.6) is 0 Å². The summed E-state index contributed by atoms with van der Waals surface area (Å²) in [6.07, 6.45) is 2.80. The first-order valence-electron chi connectivity index (χ1n) is 13.4. The highest BCUT2D eigenvalue weighted by Crippen LogP contribution is 2.29. The molecule has 9 heteroatoms. The first-order chi connectivity index (χ1) is 18.5. The molecule has 1 amide bonds. The number of nitrogens with zero attached hydrogens (tertiary/aromatic N) is 4. The molecule has 39 heavy (non-hydrogen) atoms. The monoisotopic (exact) mass is 565 g/mol. The van der Waals surface area contributed by atoms with Crippen molar-refractivity contribution in [2.24, 2.45) is 5.92 Å². The molecule has 1 N–H and O–H groups in total. The number of nitrogens with one attached hydrogen (secondary N) is 1. The van der Waals surface area contributed by atoms with Crippen LogP contribution in [-0.4, -0.2) is 44.4 Å².